The van der Waals surface area contributed by atoms with Gasteiger partial charge in [0.15, 0.2) is 0 Å². The van der Waals surface area contributed by atoms with E-state index >= 15 is 0 Å². The highest BCUT2D eigenvalue weighted by molar-refractivity contribution is 7.79. The first-order valence-electron chi connectivity index (χ1n) is 14.4. The lowest BCUT2D eigenvalue weighted by atomic mass is 9.90. The van der Waals surface area contributed by atoms with Crippen LogP contribution in [-0.4, -0.2) is 4.98 Å². The average Bonchev–Trinajstić information content (AvgIpc) is 3.58. The molecule has 196 valence electrons. The van der Waals surface area contributed by atoms with Gasteiger partial charge in [-0.25, -0.2) is 0 Å². The predicted octanol–water partition coefficient (Wildman–Crippen LogP) is 8.80. The second-order valence-corrected chi connectivity index (χ2v) is 13.4. The van der Waals surface area contributed by atoms with Crippen LogP contribution in [0.5, 0.6) is 0 Å². The predicted molar refractivity (Wildman–Crippen MR) is 177 cm³/mol. The van der Waals surface area contributed by atoms with Crippen LogP contribution < -0.4 is 15.9 Å². The third-order valence-electron chi connectivity index (χ3n) is 8.72. The fourth-order valence-electron chi connectivity index (χ4n) is 6.52. The summed E-state index contributed by atoms with van der Waals surface area (Å²) in [7, 11) is -0.590. The van der Waals surface area contributed by atoms with E-state index in [0.29, 0.717) is 5.92 Å². The summed E-state index contributed by atoms with van der Waals surface area (Å²) in [6, 6.07) is 51.8. The summed E-state index contributed by atoms with van der Waals surface area (Å²) >= 11 is 0. The summed E-state index contributed by atoms with van der Waals surface area (Å²) in [5.41, 5.74) is 10.8. The molecule has 0 saturated carbocycles. The number of rotatable bonds is 5. The number of aromatic nitrogens is 1. The Morgan fingerprint density at radius 3 is 1.85 bits per heavy atom. The zero-order chi connectivity index (χ0) is 27.3. The van der Waals surface area contributed by atoms with Crippen molar-refractivity contribution < 1.29 is 0 Å². The molecule has 0 radical (unpaired) electrons. The van der Waals surface area contributed by atoms with Crippen molar-refractivity contribution in [1.82, 2.24) is 4.98 Å². The van der Waals surface area contributed by atoms with E-state index in [2.05, 4.69) is 151 Å². The fourth-order valence-corrected chi connectivity index (χ4v) is 8.80. The van der Waals surface area contributed by atoms with Crippen molar-refractivity contribution in [2.45, 2.75) is 19.3 Å². The molecule has 0 aliphatic heterocycles. The van der Waals surface area contributed by atoms with Gasteiger partial charge in [0, 0.05) is 27.7 Å². The Morgan fingerprint density at radius 2 is 1.12 bits per heavy atom. The lowest BCUT2D eigenvalue weighted by molar-refractivity contribution is 0.922. The van der Waals surface area contributed by atoms with E-state index in [-0.39, 0.29) is 0 Å². The molecule has 1 atom stereocenters. The van der Waals surface area contributed by atoms with Crippen molar-refractivity contribution >= 4 is 45.6 Å². The van der Waals surface area contributed by atoms with Crippen molar-refractivity contribution in [3.05, 3.63) is 162 Å². The van der Waals surface area contributed by atoms with Crippen LogP contribution in [0.3, 0.4) is 0 Å². The Morgan fingerprint density at radius 1 is 0.512 bits per heavy atom. The van der Waals surface area contributed by atoms with Crippen LogP contribution in [0, 0.1) is 0 Å². The van der Waals surface area contributed by atoms with Crippen LogP contribution in [0.25, 0.3) is 32.9 Å². The van der Waals surface area contributed by atoms with Gasteiger partial charge in [-0.1, -0.05) is 128 Å². The number of fused-ring (bicyclic) bond motifs is 6. The number of hydrogen-bond donors (Lipinski definition) is 1. The van der Waals surface area contributed by atoms with Gasteiger partial charge < -0.3 is 4.98 Å². The molecule has 1 aliphatic carbocycles. The highest BCUT2D eigenvalue weighted by atomic mass is 31.1. The molecule has 0 amide bonds. The van der Waals surface area contributed by atoms with Gasteiger partial charge in [0.1, 0.15) is 0 Å². The number of para-hydroxylation sites is 1. The second-order valence-electron chi connectivity index (χ2n) is 11.1. The van der Waals surface area contributed by atoms with Crippen molar-refractivity contribution in [2.75, 3.05) is 0 Å². The van der Waals surface area contributed by atoms with E-state index < -0.39 is 7.92 Å². The fraction of sp³-hybridized carbons (Fsp3) is 0.0769. The summed E-state index contributed by atoms with van der Waals surface area (Å²) < 4.78 is 0. The highest BCUT2D eigenvalue weighted by Gasteiger charge is 2.22. The number of H-pyrrole nitrogens is 1. The molecular weight excluding hydrogens is 513 g/mol. The number of benzene rings is 6. The van der Waals surface area contributed by atoms with Gasteiger partial charge in [0.2, 0.25) is 0 Å². The van der Waals surface area contributed by atoms with Crippen LogP contribution in [0.2, 0.25) is 0 Å². The van der Waals surface area contributed by atoms with Crippen LogP contribution >= 0.6 is 7.92 Å². The minimum Gasteiger partial charge on any atom is -0.354 e. The van der Waals surface area contributed by atoms with Crippen LogP contribution in [0.15, 0.2) is 140 Å². The molecule has 0 fully saturated rings. The Hall–Kier alpha value is -4.45. The first kappa shape index (κ1) is 24.4. The molecule has 0 bridgehead atoms. The summed E-state index contributed by atoms with van der Waals surface area (Å²) in [4.78, 5) is 3.64. The molecule has 1 unspecified atom stereocenters. The quantitative estimate of drug-likeness (QED) is 0.209. The van der Waals surface area contributed by atoms with Gasteiger partial charge in [-0.15, -0.1) is 0 Å². The molecule has 0 saturated heterocycles. The maximum absolute atomic E-state index is 3.64. The summed E-state index contributed by atoms with van der Waals surface area (Å²) in [5, 5.41) is 6.79. The first-order chi connectivity index (χ1) is 20.2. The topological polar surface area (TPSA) is 15.8 Å². The van der Waals surface area contributed by atoms with E-state index in [9.17, 15) is 0 Å². The third kappa shape index (κ3) is 4.21. The van der Waals surface area contributed by atoms with Gasteiger partial charge >= 0.3 is 0 Å². The van der Waals surface area contributed by atoms with E-state index in [4.69, 9.17) is 0 Å². The summed E-state index contributed by atoms with van der Waals surface area (Å²) in [6.07, 6.45) is 1.01. The van der Waals surface area contributed by atoms with Crippen molar-refractivity contribution in [2.24, 2.45) is 0 Å². The van der Waals surface area contributed by atoms with Crippen LogP contribution in [0.4, 0.5) is 0 Å². The maximum Gasteiger partial charge on any atom is 0.0471 e. The van der Waals surface area contributed by atoms with Gasteiger partial charge in [-0.2, -0.15) is 0 Å². The normalized spacial score (nSPS) is 13.0. The van der Waals surface area contributed by atoms with Gasteiger partial charge in [0.05, 0.1) is 0 Å². The molecule has 1 N–H and O–H groups in total. The Bertz CT molecular complexity index is 1980. The van der Waals surface area contributed by atoms with Gasteiger partial charge in [-0.05, 0) is 81.8 Å². The third-order valence-corrected chi connectivity index (χ3v) is 11.2. The molecule has 1 nitrogen and oxygen atoms in total. The van der Waals surface area contributed by atoms with E-state index in [1.54, 1.807) is 0 Å². The average molecular weight is 544 g/mol. The Kier molecular flexibility index (Phi) is 5.87. The largest absolute Gasteiger partial charge is 0.354 e. The standard InChI is InChI=1S/C39H30NP/c1-26(27-18-20-33(21-19-27)41(31-10-4-2-5-11-31)32-12-6-3-7-13-32)28-16-17-29-22-30-24-37-34-14-8-9-15-38(34)40-39(37)25-36(30)35(29)23-28/h2-21,23-26,40H,22H2,1H3. The minimum atomic E-state index is -0.590. The zero-order valence-electron chi connectivity index (χ0n) is 23.0. The lowest BCUT2D eigenvalue weighted by Crippen LogP contribution is -2.20. The van der Waals surface area contributed by atoms with Crippen molar-refractivity contribution in [3.8, 4) is 11.1 Å². The monoisotopic (exact) mass is 543 g/mol. The van der Waals surface area contributed by atoms with E-state index in [1.807, 2.05) is 0 Å². The number of aromatic amines is 1. The smallest absolute Gasteiger partial charge is 0.0471 e. The molecule has 1 aliphatic rings. The van der Waals surface area contributed by atoms with Crippen LogP contribution in [0.1, 0.15) is 35.1 Å². The van der Waals surface area contributed by atoms with Gasteiger partial charge in [0.25, 0.3) is 0 Å². The molecule has 8 rings (SSSR count). The minimum absolute atomic E-state index is 0.315. The molecule has 0 spiro atoms. The van der Waals surface area contributed by atoms with Crippen molar-refractivity contribution in [1.29, 1.82) is 0 Å². The van der Waals surface area contributed by atoms with Gasteiger partial charge in [-0.3, -0.25) is 0 Å². The summed E-state index contributed by atoms with van der Waals surface area (Å²) in [6.45, 7) is 2.34. The number of nitrogens with one attached hydrogen (secondary N) is 1. The maximum atomic E-state index is 3.64. The zero-order valence-corrected chi connectivity index (χ0v) is 23.9. The first-order valence-corrected chi connectivity index (χ1v) is 15.7. The number of hydrogen-bond acceptors (Lipinski definition) is 0. The SMILES string of the molecule is CC(c1ccc(P(c2ccccc2)c2ccccc2)cc1)c1ccc2c(c1)-c1cc3[nH]c4ccccc4c3cc1C2. The molecule has 6 aromatic carbocycles. The lowest BCUT2D eigenvalue weighted by Gasteiger charge is -2.20. The van der Waals surface area contributed by atoms with E-state index in [0.717, 1.165) is 6.42 Å². The Labute approximate surface area is 242 Å². The molecular formula is C39H30NP. The highest BCUT2D eigenvalue weighted by Crippen LogP contribution is 2.42. The molecule has 1 aromatic heterocycles. The second kappa shape index (κ2) is 9.88. The molecule has 2 heteroatoms. The van der Waals surface area contributed by atoms with Crippen LogP contribution in [-0.2, 0) is 6.42 Å². The molecule has 7 aromatic rings. The van der Waals surface area contributed by atoms with E-state index in [1.165, 1.54) is 71.1 Å². The molecule has 41 heavy (non-hydrogen) atoms. The summed E-state index contributed by atoms with van der Waals surface area (Å²) in [5.74, 6) is 0.315. The Balaban J connectivity index is 1.13. The van der Waals surface area contributed by atoms with Crippen molar-refractivity contribution in [3.63, 3.8) is 0 Å². The molecule has 1 heterocycles.